The van der Waals surface area contributed by atoms with Crippen molar-refractivity contribution in [2.24, 2.45) is 0 Å². The van der Waals surface area contributed by atoms with Gasteiger partial charge in [0.05, 0.1) is 11.8 Å². The number of aryl methyl sites for hydroxylation is 1. The molecule has 3 rings (SSSR count). The number of aromatic nitrogens is 1. The molecule has 96 valence electrons. The first-order valence-electron chi connectivity index (χ1n) is 5.72. The smallest absolute Gasteiger partial charge is 0.230 e. The maximum atomic E-state index is 5.90. The zero-order valence-electron chi connectivity index (χ0n) is 10.2. The highest BCUT2D eigenvalue weighted by molar-refractivity contribution is 9.10. The molecular formula is C14H11BrN2O2. The van der Waals surface area contributed by atoms with Gasteiger partial charge in [0.2, 0.25) is 5.88 Å². The fraction of sp³-hybridized carbons (Fsp3) is 0.0714. The van der Waals surface area contributed by atoms with Crippen LogP contribution < -0.4 is 5.73 Å². The van der Waals surface area contributed by atoms with Gasteiger partial charge in [-0.2, -0.15) is 0 Å². The Morgan fingerprint density at radius 2 is 2.11 bits per heavy atom. The van der Waals surface area contributed by atoms with E-state index in [-0.39, 0.29) is 0 Å². The van der Waals surface area contributed by atoms with Crippen molar-refractivity contribution in [3.05, 3.63) is 46.8 Å². The lowest BCUT2D eigenvalue weighted by Gasteiger charge is -2.02. The van der Waals surface area contributed by atoms with E-state index in [1.807, 2.05) is 37.3 Å². The molecule has 0 amide bonds. The lowest BCUT2D eigenvalue weighted by Crippen LogP contribution is -1.88. The average molecular weight is 319 g/mol. The first-order chi connectivity index (χ1) is 9.16. The summed E-state index contributed by atoms with van der Waals surface area (Å²) >= 11 is 3.45. The van der Waals surface area contributed by atoms with Crippen molar-refractivity contribution in [2.45, 2.75) is 6.92 Å². The van der Waals surface area contributed by atoms with Crippen LogP contribution in [-0.4, -0.2) is 5.16 Å². The molecule has 2 N–H and O–H groups in total. The van der Waals surface area contributed by atoms with Crippen molar-refractivity contribution in [1.82, 2.24) is 5.16 Å². The van der Waals surface area contributed by atoms with Crippen LogP contribution in [0, 0.1) is 6.92 Å². The Kier molecular flexibility index (Phi) is 2.91. The first-order valence-corrected chi connectivity index (χ1v) is 6.51. The Bertz CT molecular complexity index is 731. The minimum Gasteiger partial charge on any atom is -0.469 e. The van der Waals surface area contributed by atoms with E-state index < -0.39 is 0 Å². The van der Waals surface area contributed by atoms with E-state index in [9.17, 15) is 0 Å². The van der Waals surface area contributed by atoms with Gasteiger partial charge in [-0.05, 0) is 30.7 Å². The number of benzene rings is 1. The summed E-state index contributed by atoms with van der Waals surface area (Å²) in [6.45, 7) is 1.88. The second-order valence-corrected chi connectivity index (χ2v) is 5.09. The minimum atomic E-state index is 0.300. The van der Waals surface area contributed by atoms with Gasteiger partial charge in [-0.3, -0.25) is 0 Å². The normalized spacial score (nSPS) is 10.8. The van der Waals surface area contributed by atoms with E-state index in [0.717, 1.165) is 26.9 Å². The molecule has 0 saturated carbocycles. The quantitative estimate of drug-likeness (QED) is 0.766. The molecule has 0 unspecified atom stereocenters. The van der Waals surface area contributed by atoms with Gasteiger partial charge in [0.15, 0.2) is 0 Å². The number of hydrogen-bond acceptors (Lipinski definition) is 4. The van der Waals surface area contributed by atoms with Gasteiger partial charge in [-0.25, -0.2) is 0 Å². The Balaban J connectivity index is 2.22. The Morgan fingerprint density at radius 1 is 1.26 bits per heavy atom. The third-order valence-corrected chi connectivity index (χ3v) is 3.44. The molecule has 0 aliphatic rings. The van der Waals surface area contributed by atoms with Crippen LogP contribution in [0.15, 0.2) is 50.0 Å². The lowest BCUT2D eigenvalue weighted by atomic mass is 10.0. The van der Waals surface area contributed by atoms with E-state index in [2.05, 4.69) is 21.1 Å². The summed E-state index contributed by atoms with van der Waals surface area (Å²) in [5.74, 6) is 1.08. The molecule has 0 spiro atoms. The Morgan fingerprint density at radius 3 is 2.79 bits per heavy atom. The van der Waals surface area contributed by atoms with Crippen LogP contribution in [0.3, 0.4) is 0 Å². The molecule has 2 heterocycles. The molecule has 0 radical (unpaired) electrons. The van der Waals surface area contributed by atoms with Crippen molar-refractivity contribution >= 4 is 21.8 Å². The summed E-state index contributed by atoms with van der Waals surface area (Å²) in [4.78, 5) is 0. The molecule has 1 aromatic carbocycles. The lowest BCUT2D eigenvalue weighted by molar-refractivity contribution is 0.439. The second-order valence-electron chi connectivity index (χ2n) is 4.17. The fourth-order valence-electron chi connectivity index (χ4n) is 2.04. The monoisotopic (exact) mass is 318 g/mol. The molecule has 0 aliphatic heterocycles. The number of rotatable bonds is 2. The van der Waals surface area contributed by atoms with Crippen molar-refractivity contribution in [2.75, 3.05) is 5.73 Å². The van der Waals surface area contributed by atoms with E-state index in [1.165, 1.54) is 0 Å². The van der Waals surface area contributed by atoms with Crippen molar-refractivity contribution < 1.29 is 8.94 Å². The molecular weight excluding hydrogens is 308 g/mol. The van der Waals surface area contributed by atoms with Crippen LogP contribution in [0.4, 0.5) is 5.88 Å². The predicted octanol–water partition coefficient (Wildman–Crippen LogP) is 4.25. The predicted molar refractivity (Wildman–Crippen MR) is 76.5 cm³/mol. The molecule has 0 bridgehead atoms. The van der Waals surface area contributed by atoms with Crippen LogP contribution in [0.25, 0.3) is 22.4 Å². The van der Waals surface area contributed by atoms with Gasteiger partial charge in [0.25, 0.3) is 0 Å². The topological polar surface area (TPSA) is 65.2 Å². The molecule has 3 aromatic rings. The number of nitrogen functional groups attached to an aromatic ring is 1. The van der Waals surface area contributed by atoms with Gasteiger partial charge in [-0.1, -0.05) is 33.2 Å². The number of hydrogen-bond donors (Lipinski definition) is 1. The summed E-state index contributed by atoms with van der Waals surface area (Å²) in [6, 6.07) is 9.69. The Labute approximate surface area is 118 Å². The minimum absolute atomic E-state index is 0.300. The van der Waals surface area contributed by atoms with E-state index in [0.29, 0.717) is 11.6 Å². The summed E-state index contributed by atoms with van der Waals surface area (Å²) in [7, 11) is 0. The van der Waals surface area contributed by atoms with E-state index in [1.54, 1.807) is 6.26 Å². The van der Waals surface area contributed by atoms with Crippen LogP contribution in [0.2, 0.25) is 0 Å². The van der Waals surface area contributed by atoms with Gasteiger partial charge in [-0.15, -0.1) is 0 Å². The fourth-order valence-corrected chi connectivity index (χ4v) is 2.44. The first kappa shape index (κ1) is 12.0. The van der Waals surface area contributed by atoms with Gasteiger partial charge in [0.1, 0.15) is 11.5 Å². The van der Waals surface area contributed by atoms with Crippen molar-refractivity contribution in [3.8, 4) is 22.4 Å². The molecule has 5 heteroatoms. The number of furan rings is 1. The number of halogens is 1. The highest BCUT2D eigenvalue weighted by atomic mass is 79.9. The highest BCUT2D eigenvalue weighted by Gasteiger charge is 2.20. The number of anilines is 1. The highest BCUT2D eigenvalue weighted by Crippen LogP contribution is 2.38. The Hall–Kier alpha value is -2.01. The van der Waals surface area contributed by atoms with Crippen LogP contribution in [0.5, 0.6) is 0 Å². The maximum Gasteiger partial charge on any atom is 0.230 e. The SMILES string of the molecule is Cc1occc1-c1noc(N)c1-c1cccc(Br)c1. The maximum absolute atomic E-state index is 5.90. The van der Waals surface area contributed by atoms with Crippen LogP contribution in [0.1, 0.15) is 5.76 Å². The standard InChI is InChI=1S/C14H11BrN2O2/c1-8-11(5-6-18-8)13-12(14(16)19-17-13)9-3-2-4-10(15)7-9/h2-7H,16H2,1H3. The van der Waals surface area contributed by atoms with Crippen LogP contribution >= 0.6 is 15.9 Å². The summed E-state index contributed by atoms with van der Waals surface area (Å²) in [5.41, 5.74) is 9.22. The molecule has 2 aromatic heterocycles. The molecule has 0 saturated heterocycles. The summed E-state index contributed by atoms with van der Waals surface area (Å²) in [5, 5.41) is 4.05. The number of nitrogens with two attached hydrogens (primary N) is 1. The van der Waals surface area contributed by atoms with Gasteiger partial charge in [0, 0.05) is 10.0 Å². The molecule has 0 aliphatic carbocycles. The number of nitrogens with zero attached hydrogens (tertiary/aromatic N) is 1. The zero-order chi connectivity index (χ0) is 13.4. The average Bonchev–Trinajstić information content (AvgIpc) is 2.95. The van der Waals surface area contributed by atoms with E-state index >= 15 is 0 Å². The zero-order valence-corrected chi connectivity index (χ0v) is 11.8. The van der Waals surface area contributed by atoms with E-state index in [4.69, 9.17) is 14.7 Å². The third kappa shape index (κ3) is 2.06. The van der Waals surface area contributed by atoms with Crippen molar-refractivity contribution in [3.63, 3.8) is 0 Å². The van der Waals surface area contributed by atoms with Crippen molar-refractivity contribution in [1.29, 1.82) is 0 Å². The second kappa shape index (κ2) is 4.59. The molecule has 19 heavy (non-hydrogen) atoms. The largest absolute Gasteiger partial charge is 0.469 e. The molecule has 0 atom stereocenters. The van der Waals surface area contributed by atoms with Gasteiger partial charge < -0.3 is 14.7 Å². The molecule has 0 fully saturated rings. The molecule has 4 nitrogen and oxygen atoms in total. The summed E-state index contributed by atoms with van der Waals surface area (Å²) < 4.78 is 11.4. The third-order valence-electron chi connectivity index (χ3n) is 2.95. The van der Waals surface area contributed by atoms with Gasteiger partial charge >= 0.3 is 0 Å². The van der Waals surface area contributed by atoms with Crippen LogP contribution in [-0.2, 0) is 0 Å². The summed E-state index contributed by atoms with van der Waals surface area (Å²) in [6.07, 6.45) is 1.63.